The molecule has 0 aliphatic heterocycles. The summed E-state index contributed by atoms with van der Waals surface area (Å²) in [6, 6.07) is 6.29. The maximum absolute atomic E-state index is 11.0. The first-order valence-electron chi connectivity index (χ1n) is 5.55. The summed E-state index contributed by atoms with van der Waals surface area (Å²) in [5, 5.41) is 3.39. The van der Waals surface area contributed by atoms with Gasteiger partial charge in [-0.25, -0.2) is 4.98 Å². The maximum Gasteiger partial charge on any atom is 0.223 e. The van der Waals surface area contributed by atoms with E-state index < -0.39 is 0 Å². The van der Waals surface area contributed by atoms with E-state index in [0.29, 0.717) is 5.13 Å². The monoisotopic (exact) mass is 248 g/mol. The summed E-state index contributed by atoms with van der Waals surface area (Å²) in [6.45, 7) is 8.02. The molecule has 0 fully saturated rings. The van der Waals surface area contributed by atoms with Gasteiger partial charge in [0.05, 0.1) is 10.2 Å². The third-order valence-corrected chi connectivity index (χ3v) is 3.49. The molecule has 0 bridgehead atoms. The normalized spacial score (nSPS) is 11.8. The van der Waals surface area contributed by atoms with Gasteiger partial charge < -0.3 is 5.32 Å². The topological polar surface area (TPSA) is 42.0 Å². The summed E-state index contributed by atoms with van der Waals surface area (Å²) in [5.74, 6) is -0.0832. The smallest absolute Gasteiger partial charge is 0.223 e. The van der Waals surface area contributed by atoms with Crippen LogP contribution in [0.1, 0.15) is 33.3 Å². The van der Waals surface area contributed by atoms with Gasteiger partial charge in [-0.15, -0.1) is 0 Å². The molecule has 4 heteroatoms. The van der Waals surface area contributed by atoms with Crippen molar-refractivity contribution in [1.29, 1.82) is 0 Å². The molecule has 2 rings (SSSR count). The van der Waals surface area contributed by atoms with Crippen molar-refractivity contribution in [3.8, 4) is 0 Å². The average Bonchev–Trinajstić information content (AvgIpc) is 2.55. The number of nitrogens with zero attached hydrogens (tertiary/aromatic N) is 1. The van der Waals surface area contributed by atoms with E-state index >= 15 is 0 Å². The number of carbonyl (C=O) groups excluding carboxylic acids is 1. The van der Waals surface area contributed by atoms with Gasteiger partial charge in [0.15, 0.2) is 5.13 Å². The second kappa shape index (κ2) is 4.11. The van der Waals surface area contributed by atoms with Crippen LogP contribution in [0.3, 0.4) is 0 Å². The zero-order valence-corrected chi connectivity index (χ0v) is 11.3. The minimum Gasteiger partial charge on any atom is -0.302 e. The highest BCUT2D eigenvalue weighted by Gasteiger charge is 2.15. The number of hydrogen-bond acceptors (Lipinski definition) is 3. The number of benzene rings is 1. The Labute approximate surface area is 105 Å². The van der Waals surface area contributed by atoms with E-state index in [0.717, 1.165) is 10.2 Å². The fourth-order valence-corrected chi connectivity index (χ4v) is 2.49. The maximum atomic E-state index is 11.0. The standard InChI is InChI=1S/C13H16N2OS/c1-8(16)14-12-15-10-7-9(13(2,3)4)5-6-11(10)17-12/h5-7H,1-4H3,(H,14,15,16). The molecule has 1 aromatic heterocycles. The van der Waals surface area contributed by atoms with E-state index in [9.17, 15) is 4.79 Å². The van der Waals surface area contributed by atoms with Gasteiger partial charge in [-0.3, -0.25) is 4.79 Å². The summed E-state index contributed by atoms with van der Waals surface area (Å²) >= 11 is 1.50. The number of nitrogens with one attached hydrogen (secondary N) is 1. The van der Waals surface area contributed by atoms with Crippen LogP contribution in [0.5, 0.6) is 0 Å². The first-order chi connectivity index (χ1) is 7.86. The predicted molar refractivity (Wildman–Crippen MR) is 72.6 cm³/mol. The highest BCUT2D eigenvalue weighted by molar-refractivity contribution is 7.22. The van der Waals surface area contributed by atoms with Gasteiger partial charge in [0.2, 0.25) is 5.91 Å². The van der Waals surface area contributed by atoms with Crippen LogP contribution >= 0.6 is 11.3 Å². The van der Waals surface area contributed by atoms with Crippen LogP contribution in [-0.2, 0) is 10.2 Å². The molecule has 0 spiro atoms. The van der Waals surface area contributed by atoms with Gasteiger partial charge in [0.25, 0.3) is 0 Å². The third kappa shape index (κ3) is 2.64. The van der Waals surface area contributed by atoms with Gasteiger partial charge >= 0.3 is 0 Å². The van der Waals surface area contributed by atoms with E-state index in [1.54, 1.807) is 0 Å². The molecule has 1 heterocycles. The second-order valence-corrected chi connectivity index (χ2v) is 6.16. The molecular weight excluding hydrogens is 232 g/mol. The number of carbonyl (C=O) groups is 1. The molecule has 0 saturated carbocycles. The minimum absolute atomic E-state index is 0.0832. The SMILES string of the molecule is CC(=O)Nc1nc2cc(C(C)(C)C)ccc2s1. The fourth-order valence-electron chi connectivity index (χ4n) is 1.60. The van der Waals surface area contributed by atoms with Crippen LogP contribution in [0.15, 0.2) is 18.2 Å². The lowest BCUT2D eigenvalue weighted by atomic mass is 9.87. The molecule has 90 valence electrons. The largest absolute Gasteiger partial charge is 0.302 e. The number of thiazole rings is 1. The molecule has 0 unspecified atom stereocenters. The van der Waals surface area contributed by atoms with Crippen molar-refractivity contribution < 1.29 is 4.79 Å². The fraction of sp³-hybridized carbons (Fsp3) is 0.385. The molecule has 3 nitrogen and oxygen atoms in total. The van der Waals surface area contributed by atoms with Crippen molar-refractivity contribution in [2.45, 2.75) is 33.1 Å². The van der Waals surface area contributed by atoms with Gasteiger partial charge in [-0.05, 0) is 23.1 Å². The van der Waals surface area contributed by atoms with Crippen LogP contribution in [0.25, 0.3) is 10.2 Å². The lowest BCUT2D eigenvalue weighted by Crippen LogP contribution is -2.10. The highest BCUT2D eigenvalue weighted by Crippen LogP contribution is 2.30. The molecule has 2 aromatic rings. The Kier molecular flexibility index (Phi) is 2.91. The van der Waals surface area contributed by atoms with Crippen LogP contribution in [0.2, 0.25) is 0 Å². The molecule has 1 N–H and O–H groups in total. The Balaban J connectivity index is 2.44. The van der Waals surface area contributed by atoms with E-state index in [1.165, 1.54) is 23.8 Å². The summed E-state index contributed by atoms with van der Waals surface area (Å²) in [5.41, 5.74) is 2.32. The lowest BCUT2D eigenvalue weighted by Gasteiger charge is -2.18. The Morgan fingerprint density at radius 2 is 2.06 bits per heavy atom. The number of rotatable bonds is 1. The van der Waals surface area contributed by atoms with E-state index in [2.05, 4.69) is 49.3 Å². The number of anilines is 1. The molecule has 0 aliphatic carbocycles. The Bertz CT molecular complexity index is 566. The number of fused-ring (bicyclic) bond motifs is 1. The summed E-state index contributed by atoms with van der Waals surface area (Å²) < 4.78 is 1.10. The zero-order valence-electron chi connectivity index (χ0n) is 10.5. The van der Waals surface area contributed by atoms with Crippen molar-refractivity contribution in [1.82, 2.24) is 4.98 Å². The first-order valence-corrected chi connectivity index (χ1v) is 6.36. The van der Waals surface area contributed by atoms with Gasteiger partial charge in [0, 0.05) is 6.92 Å². The third-order valence-electron chi connectivity index (χ3n) is 2.54. The van der Waals surface area contributed by atoms with Crippen molar-refractivity contribution in [2.24, 2.45) is 0 Å². The van der Waals surface area contributed by atoms with Crippen LogP contribution in [0, 0.1) is 0 Å². The quantitative estimate of drug-likeness (QED) is 0.838. The molecule has 0 radical (unpaired) electrons. The Hall–Kier alpha value is -1.42. The molecule has 0 atom stereocenters. The molecule has 0 aliphatic rings. The molecular formula is C13H16N2OS. The van der Waals surface area contributed by atoms with Crippen LogP contribution in [0.4, 0.5) is 5.13 Å². The average molecular weight is 248 g/mol. The molecule has 1 amide bonds. The molecule has 17 heavy (non-hydrogen) atoms. The zero-order chi connectivity index (χ0) is 12.6. The Morgan fingerprint density at radius 1 is 1.35 bits per heavy atom. The highest BCUT2D eigenvalue weighted by atomic mass is 32.1. The minimum atomic E-state index is -0.0832. The number of aromatic nitrogens is 1. The van der Waals surface area contributed by atoms with Crippen molar-refractivity contribution in [3.63, 3.8) is 0 Å². The van der Waals surface area contributed by atoms with Gasteiger partial charge in [0.1, 0.15) is 0 Å². The molecule has 0 saturated heterocycles. The van der Waals surface area contributed by atoms with Crippen molar-refractivity contribution in [2.75, 3.05) is 5.32 Å². The Morgan fingerprint density at radius 3 is 2.65 bits per heavy atom. The van der Waals surface area contributed by atoms with Crippen LogP contribution < -0.4 is 5.32 Å². The summed E-state index contributed by atoms with van der Waals surface area (Å²) in [6.07, 6.45) is 0. The lowest BCUT2D eigenvalue weighted by molar-refractivity contribution is -0.114. The van der Waals surface area contributed by atoms with Crippen molar-refractivity contribution in [3.05, 3.63) is 23.8 Å². The number of amides is 1. The molecule has 1 aromatic carbocycles. The second-order valence-electron chi connectivity index (χ2n) is 5.13. The predicted octanol–water partition coefficient (Wildman–Crippen LogP) is 3.55. The summed E-state index contributed by atoms with van der Waals surface area (Å²) in [7, 11) is 0. The van der Waals surface area contributed by atoms with E-state index in [1.807, 2.05) is 0 Å². The van der Waals surface area contributed by atoms with Crippen molar-refractivity contribution >= 4 is 32.6 Å². The first kappa shape index (κ1) is 12.0. The van der Waals surface area contributed by atoms with Gasteiger partial charge in [-0.1, -0.05) is 38.2 Å². The summed E-state index contributed by atoms with van der Waals surface area (Å²) in [4.78, 5) is 15.4. The van der Waals surface area contributed by atoms with E-state index in [-0.39, 0.29) is 11.3 Å². The van der Waals surface area contributed by atoms with E-state index in [4.69, 9.17) is 0 Å². The van der Waals surface area contributed by atoms with Crippen LogP contribution in [-0.4, -0.2) is 10.9 Å². The van der Waals surface area contributed by atoms with Gasteiger partial charge in [-0.2, -0.15) is 0 Å². The number of hydrogen-bond donors (Lipinski definition) is 1.